The second kappa shape index (κ2) is 7.25. The van der Waals surface area contributed by atoms with E-state index in [4.69, 9.17) is 4.52 Å². The molecule has 0 saturated heterocycles. The van der Waals surface area contributed by atoms with Gasteiger partial charge in [-0.2, -0.15) is 0 Å². The topological polar surface area (TPSA) is 92.4 Å². The van der Waals surface area contributed by atoms with Gasteiger partial charge in [-0.25, -0.2) is 9.78 Å². The normalized spacial score (nSPS) is 12.0. The highest BCUT2D eigenvalue weighted by Crippen LogP contribution is 2.38. The van der Waals surface area contributed by atoms with Crippen molar-refractivity contribution in [1.82, 2.24) is 15.1 Å². The summed E-state index contributed by atoms with van der Waals surface area (Å²) in [5.41, 5.74) is 2.90. The van der Waals surface area contributed by atoms with Gasteiger partial charge in [0.15, 0.2) is 0 Å². The number of hydrogen-bond donors (Lipinski definition) is 1. The molecule has 1 unspecified atom stereocenters. The van der Waals surface area contributed by atoms with Crippen LogP contribution in [-0.4, -0.2) is 26.3 Å². The van der Waals surface area contributed by atoms with Gasteiger partial charge in [-0.3, -0.25) is 9.88 Å². The molecular formula is C18H17BrN4O3. The zero-order valence-electron chi connectivity index (χ0n) is 14.5. The van der Waals surface area contributed by atoms with Crippen LogP contribution in [0.5, 0.6) is 0 Å². The Bertz CT molecular complexity index is 943. The smallest absolute Gasteiger partial charge is 0.412 e. The summed E-state index contributed by atoms with van der Waals surface area (Å²) in [6.45, 7) is 5.35. The van der Waals surface area contributed by atoms with Crippen molar-refractivity contribution in [2.75, 3.05) is 4.90 Å². The predicted molar refractivity (Wildman–Crippen MR) is 100 cm³/mol. The van der Waals surface area contributed by atoms with Crippen LogP contribution in [-0.2, 0) is 0 Å². The Morgan fingerprint density at radius 3 is 2.65 bits per heavy atom. The van der Waals surface area contributed by atoms with Gasteiger partial charge in [0.25, 0.3) is 0 Å². The SMILES string of the molecule is Cc1nc(-c2onc(C)c2N(C(=O)O)C(C)c2cccnc2)ccc1Br. The second-order valence-corrected chi connectivity index (χ2v) is 6.68. The third-order valence-corrected chi connectivity index (χ3v) is 4.92. The van der Waals surface area contributed by atoms with Crippen molar-refractivity contribution in [3.63, 3.8) is 0 Å². The van der Waals surface area contributed by atoms with Gasteiger partial charge in [-0.1, -0.05) is 11.2 Å². The highest BCUT2D eigenvalue weighted by Gasteiger charge is 2.31. The predicted octanol–water partition coefficient (Wildman–Crippen LogP) is 4.76. The molecule has 0 bridgehead atoms. The summed E-state index contributed by atoms with van der Waals surface area (Å²) in [6, 6.07) is 6.73. The van der Waals surface area contributed by atoms with Crippen molar-refractivity contribution in [2.45, 2.75) is 26.8 Å². The van der Waals surface area contributed by atoms with E-state index in [-0.39, 0.29) is 0 Å². The zero-order chi connectivity index (χ0) is 18.8. The van der Waals surface area contributed by atoms with Crippen LogP contribution in [0, 0.1) is 13.8 Å². The van der Waals surface area contributed by atoms with Gasteiger partial charge in [-0.05, 0) is 60.5 Å². The van der Waals surface area contributed by atoms with Crippen molar-refractivity contribution in [1.29, 1.82) is 0 Å². The third kappa shape index (κ3) is 3.32. The lowest BCUT2D eigenvalue weighted by Crippen LogP contribution is -2.33. The maximum absolute atomic E-state index is 12.1. The number of carbonyl (C=O) groups is 1. The summed E-state index contributed by atoms with van der Waals surface area (Å²) >= 11 is 3.41. The van der Waals surface area contributed by atoms with Crippen LogP contribution in [0.25, 0.3) is 11.5 Å². The van der Waals surface area contributed by atoms with Crippen molar-refractivity contribution < 1.29 is 14.4 Å². The molecule has 0 saturated carbocycles. The number of carboxylic acid groups (broad SMARTS) is 1. The number of amides is 1. The molecule has 8 heteroatoms. The Morgan fingerprint density at radius 1 is 1.27 bits per heavy atom. The second-order valence-electron chi connectivity index (χ2n) is 5.82. The molecular weight excluding hydrogens is 400 g/mol. The van der Waals surface area contributed by atoms with Crippen molar-refractivity contribution >= 4 is 27.7 Å². The lowest BCUT2D eigenvalue weighted by molar-refractivity contribution is 0.199. The first-order valence-corrected chi connectivity index (χ1v) is 8.71. The van der Waals surface area contributed by atoms with Crippen LogP contribution in [0.15, 0.2) is 45.7 Å². The van der Waals surface area contributed by atoms with Gasteiger partial charge in [0.2, 0.25) is 5.76 Å². The molecule has 0 aromatic carbocycles. The van der Waals surface area contributed by atoms with E-state index in [1.165, 1.54) is 4.90 Å². The minimum atomic E-state index is -1.11. The van der Waals surface area contributed by atoms with Gasteiger partial charge in [0, 0.05) is 16.9 Å². The van der Waals surface area contributed by atoms with E-state index in [9.17, 15) is 9.90 Å². The van der Waals surface area contributed by atoms with Crippen LogP contribution >= 0.6 is 15.9 Å². The Kier molecular flexibility index (Phi) is 5.03. The van der Waals surface area contributed by atoms with Gasteiger partial charge in [0.05, 0.1) is 11.7 Å². The van der Waals surface area contributed by atoms with Crippen molar-refractivity contribution in [3.05, 3.63) is 58.1 Å². The first-order valence-electron chi connectivity index (χ1n) is 7.92. The van der Waals surface area contributed by atoms with E-state index < -0.39 is 12.1 Å². The fraction of sp³-hybridized carbons (Fsp3) is 0.222. The summed E-state index contributed by atoms with van der Waals surface area (Å²) < 4.78 is 6.30. The number of aryl methyl sites for hydroxylation is 2. The highest BCUT2D eigenvalue weighted by atomic mass is 79.9. The molecule has 3 aromatic rings. The number of anilines is 1. The molecule has 0 fully saturated rings. The van der Waals surface area contributed by atoms with Crippen LogP contribution in [0.3, 0.4) is 0 Å². The lowest BCUT2D eigenvalue weighted by Gasteiger charge is -2.26. The highest BCUT2D eigenvalue weighted by molar-refractivity contribution is 9.10. The molecule has 3 rings (SSSR count). The van der Waals surface area contributed by atoms with E-state index in [0.29, 0.717) is 22.8 Å². The first kappa shape index (κ1) is 18.1. The molecule has 1 atom stereocenters. The van der Waals surface area contributed by atoms with Gasteiger partial charge >= 0.3 is 6.09 Å². The fourth-order valence-electron chi connectivity index (χ4n) is 2.71. The third-order valence-electron chi connectivity index (χ3n) is 4.09. The molecule has 134 valence electrons. The van der Waals surface area contributed by atoms with E-state index in [2.05, 4.69) is 31.1 Å². The summed E-state index contributed by atoms with van der Waals surface area (Å²) in [5, 5.41) is 13.9. The Morgan fingerprint density at radius 2 is 2.04 bits per heavy atom. The molecule has 3 aromatic heterocycles. The van der Waals surface area contributed by atoms with Crippen LogP contribution in [0.1, 0.15) is 29.9 Å². The summed E-state index contributed by atoms with van der Waals surface area (Å²) in [7, 11) is 0. The summed E-state index contributed by atoms with van der Waals surface area (Å²) in [6.07, 6.45) is 2.18. The van der Waals surface area contributed by atoms with Crippen molar-refractivity contribution in [2.24, 2.45) is 0 Å². The van der Waals surface area contributed by atoms with Crippen LogP contribution in [0.2, 0.25) is 0 Å². The van der Waals surface area contributed by atoms with Crippen LogP contribution < -0.4 is 4.90 Å². The maximum atomic E-state index is 12.1. The number of rotatable bonds is 4. The number of aromatic nitrogens is 3. The molecule has 1 amide bonds. The van der Waals surface area contributed by atoms with Crippen LogP contribution in [0.4, 0.5) is 10.5 Å². The Hall–Kier alpha value is -2.74. The summed E-state index contributed by atoms with van der Waals surface area (Å²) in [4.78, 5) is 21.9. The van der Waals surface area contributed by atoms with E-state index >= 15 is 0 Å². The average Bonchev–Trinajstić information content (AvgIpc) is 2.99. The van der Waals surface area contributed by atoms with Crippen molar-refractivity contribution in [3.8, 4) is 11.5 Å². The largest absolute Gasteiger partial charge is 0.465 e. The number of pyridine rings is 2. The zero-order valence-corrected chi connectivity index (χ0v) is 16.1. The molecule has 0 spiro atoms. The molecule has 1 N–H and O–H groups in total. The van der Waals surface area contributed by atoms with Gasteiger partial charge in [0.1, 0.15) is 17.1 Å². The van der Waals surface area contributed by atoms with E-state index in [0.717, 1.165) is 15.7 Å². The van der Waals surface area contributed by atoms with Gasteiger partial charge in [-0.15, -0.1) is 0 Å². The molecule has 0 aliphatic carbocycles. The molecule has 0 aliphatic heterocycles. The first-order chi connectivity index (χ1) is 12.4. The molecule has 7 nitrogen and oxygen atoms in total. The summed E-state index contributed by atoms with van der Waals surface area (Å²) in [5.74, 6) is 0.316. The molecule has 0 aliphatic rings. The standard InChI is InChI=1S/C18H17BrN4O3/c1-10-14(19)6-7-15(21-10)17-16(11(2)22-26-17)23(18(24)25)12(3)13-5-4-8-20-9-13/h4-9,12H,1-3H3,(H,24,25). The number of nitrogens with zero attached hydrogens (tertiary/aromatic N) is 4. The number of halogens is 1. The fourth-order valence-corrected chi connectivity index (χ4v) is 2.94. The van der Waals surface area contributed by atoms with E-state index in [1.54, 1.807) is 38.4 Å². The minimum Gasteiger partial charge on any atom is -0.465 e. The number of hydrogen-bond acceptors (Lipinski definition) is 5. The molecule has 0 radical (unpaired) electrons. The Balaban J connectivity index is 2.13. The molecule has 26 heavy (non-hydrogen) atoms. The minimum absolute atomic E-state index is 0.316. The maximum Gasteiger partial charge on any atom is 0.412 e. The average molecular weight is 417 g/mol. The van der Waals surface area contributed by atoms with Gasteiger partial charge < -0.3 is 9.63 Å². The lowest BCUT2D eigenvalue weighted by atomic mass is 10.1. The molecule has 3 heterocycles. The monoisotopic (exact) mass is 416 g/mol. The Labute approximate surface area is 158 Å². The quantitative estimate of drug-likeness (QED) is 0.658. The van der Waals surface area contributed by atoms with E-state index in [1.807, 2.05) is 19.1 Å².